The third kappa shape index (κ3) is 5.39. The topological polar surface area (TPSA) is 47.4 Å². The number of aryl methyl sites for hydroxylation is 1. The molecule has 0 N–H and O–H groups in total. The molecule has 0 aliphatic heterocycles. The van der Waals surface area contributed by atoms with Crippen LogP contribution < -0.4 is 0 Å². The number of amides is 1. The average Bonchev–Trinajstić information content (AvgIpc) is 2.81. The van der Waals surface area contributed by atoms with E-state index in [0.29, 0.717) is 13.1 Å². The summed E-state index contributed by atoms with van der Waals surface area (Å²) >= 11 is 3.46. The Morgan fingerprint density at radius 1 is 1.30 bits per heavy atom. The summed E-state index contributed by atoms with van der Waals surface area (Å²) in [6, 6.07) is 9.81. The Kier molecular flexibility index (Phi) is 5.46. The zero-order valence-electron chi connectivity index (χ0n) is 13.9. The first-order valence-electron chi connectivity index (χ1n) is 7.44. The Morgan fingerprint density at radius 2 is 2.04 bits per heavy atom. The number of halogens is 1. The van der Waals surface area contributed by atoms with Gasteiger partial charge >= 0.3 is 6.09 Å². The Hall–Kier alpha value is -1.82. The Bertz CT molecular complexity index is 676. The predicted molar refractivity (Wildman–Crippen MR) is 92.8 cm³/mol. The lowest BCUT2D eigenvalue weighted by atomic mass is 10.2. The molecule has 0 unspecified atom stereocenters. The first kappa shape index (κ1) is 17.5. The van der Waals surface area contributed by atoms with Crippen molar-refractivity contribution in [2.75, 3.05) is 0 Å². The molecule has 2 rings (SSSR count). The fraction of sp³-hybridized carbons (Fsp3) is 0.412. The lowest BCUT2D eigenvalue weighted by Crippen LogP contribution is -2.36. The van der Waals surface area contributed by atoms with E-state index in [0.717, 1.165) is 15.7 Å². The van der Waals surface area contributed by atoms with E-state index >= 15 is 0 Å². The number of carbonyl (C=O) groups is 1. The van der Waals surface area contributed by atoms with E-state index in [-0.39, 0.29) is 6.09 Å². The van der Waals surface area contributed by atoms with Crippen LogP contribution in [0.4, 0.5) is 4.79 Å². The van der Waals surface area contributed by atoms with Crippen molar-refractivity contribution in [3.8, 4) is 0 Å². The number of nitrogens with zero attached hydrogens (tertiary/aromatic N) is 3. The first-order chi connectivity index (χ1) is 10.7. The van der Waals surface area contributed by atoms with Crippen LogP contribution in [0.15, 0.2) is 41.0 Å². The second-order valence-corrected chi connectivity index (χ2v) is 7.33. The minimum atomic E-state index is -0.529. The molecule has 0 atom stereocenters. The van der Waals surface area contributed by atoms with E-state index in [1.165, 1.54) is 0 Å². The molecule has 2 aromatic rings. The molecule has 0 radical (unpaired) electrons. The van der Waals surface area contributed by atoms with Crippen molar-refractivity contribution in [1.29, 1.82) is 0 Å². The third-order valence-electron chi connectivity index (χ3n) is 3.19. The highest BCUT2D eigenvalue weighted by Gasteiger charge is 2.23. The summed E-state index contributed by atoms with van der Waals surface area (Å²) in [7, 11) is 1.86. The van der Waals surface area contributed by atoms with Gasteiger partial charge in [-0.05, 0) is 44.5 Å². The summed E-state index contributed by atoms with van der Waals surface area (Å²) < 4.78 is 8.28. The van der Waals surface area contributed by atoms with Gasteiger partial charge in [-0.25, -0.2) is 4.79 Å². The van der Waals surface area contributed by atoms with Gasteiger partial charge in [0.1, 0.15) is 5.60 Å². The molecule has 0 fully saturated rings. The molecule has 0 saturated carbocycles. The lowest BCUT2D eigenvalue weighted by Gasteiger charge is -2.27. The van der Waals surface area contributed by atoms with E-state index in [9.17, 15) is 4.79 Å². The molecule has 0 aliphatic carbocycles. The fourth-order valence-electron chi connectivity index (χ4n) is 2.12. The number of ether oxygens (including phenoxy) is 1. The van der Waals surface area contributed by atoms with Crippen LogP contribution >= 0.6 is 15.9 Å². The molecule has 0 bridgehead atoms. The fourth-order valence-corrected chi connectivity index (χ4v) is 2.57. The largest absolute Gasteiger partial charge is 0.444 e. The van der Waals surface area contributed by atoms with Crippen molar-refractivity contribution in [3.05, 3.63) is 52.3 Å². The first-order valence-corrected chi connectivity index (χ1v) is 8.23. The number of hydrogen-bond donors (Lipinski definition) is 0. The van der Waals surface area contributed by atoms with Gasteiger partial charge in [-0.1, -0.05) is 28.1 Å². The highest BCUT2D eigenvalue weighted by Crippen LogP contribution is 2.18. The Morgan fingerprint density at radius 3 is 2.61 bits per heavy atom. The van der Waals surface area contributed by atoms with Gasteiger partial charge < -0.3 is 4.74 Å². The lowest BCUT2D eigenvalue weighted by molar-refractivity contribution is 0.0212. The second kappa shape index (κ2) is 7.17. The van der Waals surface area contributed by atoms with Crippen LogP contribution in [0.1, 0.15) is 32.0 Å². The maximum Gasteiger partial charge on any atom is 0.410 e. The van der Waals surface area contributed by atoms with Crippen LogP contribution in [0.2, 0.25) is 0 Å². The summed E-state index contributed by atoms with van der Waals surface area (Å²) in [5, 5.41) is 4.16. The minimum absolute atomic E-state index is 0.335. The van der Waals surface area contributed by atoms with Gasteiger partial charge in [-0.15, -0.1) is 0 Å². The summed E-state index contributed by atoms with van der Waals surface area (Å²) in [5.74, 6) is 0. The Balaban J connectivity index is 2.20. The van der Waals surface area contributed by atoms with Crippen LogP contribution in [-0.4, -0.2) is 26.4 Å². The van der Waals surface area contributed by atoms with Crippen molar-refractivity contribution < 1.29 is 9.53 Å². The molecular formula is C17H22BrN3O2. The maximum atomic E-state index is 12.5. The quantitative estimate of drug-likeness (QED) is 0.802. The van der Waals surface area contributed by atoms with E-state index in [1.54, 1.807) is 15.8 Å². The predicted octanol–water partition coefficient (Wildman–Crippen LogP) is 4.12. The molecule has 124 valence electrons. The standard InChI is InChI=1S/C17H22BrN3O2/c1-17(2,3)23-16(22)21(12-15-8-9-19-20(15)4)11-13-6-5-7-14(18)10-13/h5-10H,11-12H2,1-4H3. The van der Waals surface area contributed by atoms with E-state index in [2.05, 4.69) is 21.0 Å². The normalized spacial score (nSPS) is 11.3. The van der Waals surface area contributed by atoms with Gasteiger partial charge in [-0.3, -0.25) is 9.58 Å². The number of carbonyl (C=O) groups excluding carboxylic acids is 1. The maximum absolute atomic E-state index is 12.5. The SMILES string of the molecule is Cn1nccc1CN(Cc1cccc(Br)c1)C(=O)OC(C)(C)C. The van der Waals surface area contributed by atoms with Crippen molar-refractivity contribution in [3.63, 3.8) is 0 Å². The van der Waals surface area contributed by atoms with E-state index in [4.69, 9.17) is 4.74 Å². The van der Waals surface area contributed by atoms with Gasteiger partial charge in [0.2, 0.25) is 0 Å². The van der Waals surface area contributed by atoms with Gasteiger partial charge in [0.15, 0.2) is 0 Å². The van der Waals surface area contributed by atoms with E-state index in [1.807, 2.05) is 58.2 Å². The van der Waals surface area contributed by atoms with Crippen LogP contribution in [0.25, 0.3) is 0 Å². The smallest absolute Gasteiger partial charge is 0.410 e. The van der Waals surface area contributed by atoms with Crippen LogP contribution in [-0.2, 0) is 24.9 Å². The van der Waals surface area contributed by atoms with E-state index < -0.39 is 5.60 Å². The van der Waals surface area contributed by atoms with Gasteiger partial charge in [0.05, 0.1) is 12.2 Å². The third-order valence-corrected chi connectivity index (χ3v) is 3.68. The molecule has 1 amide bonds. The number of aromatic nitrogens is 2. The second-order valence-electron chi connectivity index (χ2n) is 6.41. The van der Waals surface area contributed by atoms with Crippen molar-refractivity contribution in [2.24, 2.45) is 7.05 Å². The molecule has 1 aromatic carbocycles. The molecule has 0 spiro atoms. The molecular weight excluding hydrogens is 358 g/mol. The number of rotatable bonds is 4. The molecule has 23 heavy (non-hydrogen) atoms. The zero-order chi connectivity index (χ0) is 17.0. The van der Waals surface area contributed by atoms with Crippen LogP contribution in [0.3, 0.4) is 0 Å². The van der Waals surface area contributed by atoms with Gasteiger partial charge in [0, 0.05) is 24.3 Å². The van der Waals surface area contributed by atoms with Gasteiger partial charge in [0.25, 0.3) is 0 Å². The summed E-state index contributed by atoms with van der Waals surface area (Å²) in [5.41, 5.74) is 1.46. The minimum Gasteiger partial charge on any atom is -0.444 e. The number of benzene rings is 1. The molecule has 1 heterocycles. The van der Waals surface area contributed by atoms with Gasteiger partial charge in [-0.2, -0.15) is 5.10 Å². The highest BCUT2D eigenvalue weighted by molar-refractivity contribution is 9.10. The van der Waals surface area contributed by atoms with Crippen molar-refractivity contribution in [1.82, 2.24) is 14.7 Å². The van der Waals surface area contributed by atoms with Crippen LogP contribution in [0.5, 0.6) is 0 Å². The molecule has 0 aliphatic rings. The molecule has 1 aromatic heterocycles. The van der Waals surface area contributed by atoms with Crippen molar-refractivity contribution >= 4 is 22.0 Å². The Labute approximate surface area is 145 Å². The highest BCUT2D eigenvalue weighted by atomic mass is 79.9. The average molecular weight is 380 g/mol. The monoisotopic (exact) mass is 379 g/mol. The van der Waals surface area contributed by atoms with Crippen molar-refractivity contribution in [2.45, 2.75) is 39.5 Å². The van der Waals surface area contributed by atoms with Crippen LogP contribution in [0, 0.1) is 0 Å². The molecule has 0 saturated heterocycles. The zero-order valence-corrected chi connectivity index (χ0v) is 15.5. The summed E-state index contributed by atoms with van der Waals surface area (Å²) in [6.07, 6.45) is 1.39. The summed E-state index contributed by atoms with van der Waals surface area (Å²) in [6.45, 7) is 6.52. The summed E-state index contributed by atoms with van der Waals surface area (Å²) in [4.78, 5) is 14.2. The number of hydrogen-bond acceptors (Lipinski definition) is 3. The molecule has 5 nitrogen and oxygen atoms in total. The molecule has 6 heteroatoms.